The molecule has 0 bridgehead atoms. The van der Waals surface area contributed by atoms with Crippen molar-refractivity contribution in [2.75, 3.05) is 39.3 Å². The molecule has 0 radical (unpaired) electrons. The summed E-state index contributed by atoms with van der Waals surface area (Å²) in [6, 6.07) is 13.2. The van der Waals surface area contributed by atoms with Gasteiger partial charge in [-0.3, -0.25) is 9.80 Å². The number of hydrogen-bond acceptors (Lipinski definition) is 4. The third-order valence-corrected chi connectivity index (χ3v) is 6.84. The third kappa shape index (κ3) is 5.03. The summed E-state index contributed by atoms with van der Waals surface area (Å²) in [4.78, 5) is 4.49. The fourth-order valence-corrected chi connectivity index (χ4v) is 5.29. The van der Waals surface area contributed by atoms with Crippen LogP contribution in [0.2, 0.25) is 0 Å². The Bertz CT molecular complexity index is 1010. The number of rotatable bonds is 7. The van der Waals surface area contributed by atoms with E-state index in [0.29, 0.717) is 19.6 Å². The summed E-state index contributed by atoms with van der Waals surface area (Å²) in [7, 11) is 0. The van der Waals surface area contributed by atoms with Crippen molar-refractivity contribution in [3.8, 4) is 23.8 Å². The Morgan fingerprint density at radius 2 is 1.97 bits per heavy atom. The van der Waals surface area contributed by atoms with Crippen LogP contribution in [0.5, 0.6) is 11.5 Å². The van der Waals surface area contributed by atoms with Crippen molar-refractivity contribution in [3.05, 3.63) is 59.2 Å². The van der Waals surface area contributed by atoms with E-state index in [1.54, 1.807) is 26.0 Å². The second-order valence-corrected chi connectivity index (χ2v) is 10.2. The Balaban J connectivity index is 1.59. The van der Waals surface area contributed by atoms with Crippen LogP contribution in [0.15, 0.2) is 42.5 Å². The molecule has 0 amide bonds. The molecule has 2 aliphatic heterocycles. The minimum Gasteiger partial charge on any atom is -0.508 e. The molecular weight excluding hydrogens is 415 g/mol. The molecule has 0 unspecified atom stereocenters. The summed E-state index contributed by atoms with van der Waals surface area (Å²) >= 11 is 0. The molecule has 4 rings (SSSR count). The maximum atomic E-state index is 14.8. The monoisotopic (exact) mass is 450 g/mol. The van der Waals surface area contributed by atoms with Gasteiger partial charge >= 0.3 is 0 Å². The third-order valence-electron chi connectivity index (χ3n) is 6.84. The number of benzene rings is 2. The lowest BCUT2D eigenvalue weighted by atomic mass is 9.75. The molecule has 0 spiro atoms. The number of nitrogens with zero attached hydrogens (tertiary/aromatic N) is 2. The van der Waals surface area contributed by atoms with Gasteiger partial charge in [-0.25, -0.2) is 4.39 Å². The van der Waals surface area contributed by atoms with Gasteiger partial charge in [-0.15, -0.1) is 6.42 Å². The van der Waals surface area contributed by atoms with Crippen LogP contribution >= 0.6 is 0 Å². The van der Waals surface area contributed by atoms with Gasteiger partial charge in [-0.2, -0.15) is 0 Å². The largest absolute Gasteiger partial charge is 0.508 e. The molecule has 2 aromatic carbocycles. The van der Waals surface area contributed by atoms with Gasteiger partial charge in [-0.1, -0.05) is 31.0 Å². The predicted octanol–water partition coefficient (Wildman–Crippen LogP) is 4.60. The van der Waals surface area contributed by atoms with E-state index >= 15 is 0 Å². The van der Waals surface area contributed by atoms with Gasteiger partial charge in [0.1, 0.15) is 29.3 Å². The lowest BCUT2D eigenvalue weighted by Crippen LogP contribution is -2.54. The topological polar surface area (TPSA) is 35.9 Å². The molecule has 2 aliphatic rings. The number of ether oxygens (including phenoxy) is 1. The van der Waals surface area contributed by atoms with E-state index in [0.717, 1.165) is 48.0 Å². The van der Waals surface area contributed by atoms with Crippen LogP contribution in [0.1, 0.15) is 43.9 Å². The molecule has 1 saturated heterocycles. The van der Waals surface area contributed by atoms with E-state index in [4.69, 9.17) is 11.2 Å². The van der Waals surface area contributed by atoms with Crippen molar-refractivity contribution in [2.24, 2.45) is 5.92 Å². The molecule has 176 valence electrons. The van der Waals surface area contributed by atoms with E-state index in [1.165, 1.54) is 6.42 Å². The zero-order chi connectivity index (χ0) is 23.6. The zero-order valence-corrected chi connectivity index (χ0v) is 20.0. The standard InChI is InChI=1S/C28H35FN2O2/c1-5-28(23-6-9-25(10-7-23)33-17-16-30-14-12-21(2)19-30)26-11-8-24(32)18-22(26)13-15-31(28)20-27(3,4)29/h1,6-11,18,21,32H,12-17,19-20H2,2-4H3/t21-,28+/m1/s1. The van der Waals surface area contributed by atoms with Gasteiger partial charge < -0.3 is 9.84 Å². The Morgan fingerprint density at radius 3 is 2.61 bits per heavy atom. The maximum absolute atomic E-state index is 14.8. The molecule has 2 heterocycles. The Labute approximate surface area is 197 Å². The zero-order valence-electron chi connectivity index (χ0n) is 20.0. The highest BCUT2D eigenvalue weighted by Crippen LogP contribution is 2.43. The average molecular weight is 451 g/mol. The summed E-state index contributed by atoms with van der Waals surface area (Å²) in [5.74, 6) is 4.80. The molecule has 5 heteroatoms. The first kappa shape index (κ1) is 23.6. The Kier molecular flexibility index (Phi) is 6.70. The summed E-state index contributed by atoms with van der Waals surface area (Å²) < 4.78 is 20.8. The number of fused-ring (bicyclic) bond motifs is 1. The van der Waals surface area contributed by atoms with Crippen LogP contribution in [0.4, 0.5) is 4.39 Å². The minimum absolute atomic E-state index is 0.212. The molecular formula is C28H35FN2O2. The summed E-state index contributed by atoms with van der Waals surface area (Å²) in [5.41, 5.74) is 0.527. The molecule has 0 aliphatic carbocycles. The maximum Gasteiger partial charge on any atom is 0.134 e. The van der Waals surface area contributed by atoms with Gasteiger partial charge in [0.2, 0.25) is 0 Å². The van der Waals surface area contributed by atoms with Crippen LogP contribution in [-0.4, -0.2) is 59.9 Å². The van der Waals surface area contributed by atoms with Crippen LogP contribution in [0.3, 0.4) is 0 Å². The Morgan fingerprint density at radius 1 is 1.21 bits per heavy atom. The molecule has 4 nitrogen and oxygen atoms in total. The summed E-state index contributed by atoms with van der Waals surface area (Å²) in [6.07, 6.45) is 8.18. The van der Waals surface area contributed by atoms with Crippen LogP contribution in [-0.2, 0) is 12.0 Å². The fourth-order valence-electron chi connectivity index (χ4n) is 5.29. The molecule has 1 fully saturated rings. The highest BCUT2D eigenvalue weighted by Gasteiger charge is 2.44. The first-order valence-corrected chi connectivity index (χ1v) is 11.9. The second kappa shape index (κ2) is 9.37. The van der Waals surface area contributed by atoms with Crippen molar-refractivity contribution in [1.29, 1.82) is 0 Å². The van der Waals surface area contributed by atoms with E-state index in [2.05, 4.69) is 22.6 Å². The smallest absolute Gasteiger partial charge is 0.134 e. The van der Waals surface area contributed by atoms with Crippen LogP contribution in [0, 0.1) is 18.3 Å². The van der Waals surface area contributed by atoms with Crippen molar-refractivity contribution < 1.29 is 14.2 Å². The van der Waals surface area contributed by atoms with E-state index in [-0.39, 0.29) is 12.3 Å². The quantitative estimate of drug-likeness (QED) is 0.626. The van der Waals surface area contributed by atoms with Crippen LogP contribution in [0.25, 0.3) is 0 Å². The minimum atomic E-state index is -1.40. The number of hydrogen-bond donors (Lipinski definition) is 1. The van der Waals surface area contributed by atoms with Crippen molar-refractivity contribution in [3.63, 3.8) is 0 Å². The highest BCUT2D eigenvalue weighted by atomic mass is 19.1. The number of phenols is 1. The van der Waals surface area contributed by atoms with Crippen LogP contribution < -0.4 is 4.74 Å². The average Bonchev–Trinajstić information content (AvgIpc) is 3.18. The van der Waals surface area contributed by atoms with E-state index in [9.17, 15) is 9.50 Å². The second-order valence-electron chi connectivity index (χ2n) is 10.2. The van der Waals surface area contributed by atoms with E-state index in [1.807, 2.05) is 30.3 Å². The predicted molar refractivity (Wildman–Crippen MR) is 130 cm³/mol. The normalized spacial score (nSPS) is 23.8. The first-order chi connectivity index (χ1) is 15.7. The molecule has 0 saturated carbocycles. The number of terminal acetylenes is 1. The molecule has 1 N–H and O–H groups in total. The first-order valence-electron chi connectivity index (χ1n) is 11.9. The van der Waals surface area contributed by atoms with E-state index < -0.39 is 11.2 Å². The number of aromatic hydroxyl groups is 1. The number of likely N-dealkylation sites (tertiary alicyclic amines) is 1. The van der Waals surface area contributed by atoms with Gasteiger partial charge in [0.05, 0.1) is 0 Å². The van der Waals surface area contributed by atoms with Crippen molar-refractivity contribution in [1.82, 2.24) is 9.80 Å². The van der Waals surface area contributed by atoms with Gasteiger partial charge in [0.15, 0.2) is 0 Å². The molecule has 2 aromatic rings. The fraction of sp³-hybridized carbons (Fsp3) is 0.500. The summed E-state index contributed by atoms with van der Waals surface area (Å²) in [6.45, 7) is 10.1. The van der Waals surface area contributed by atoms with Crippen molar-refractivity contribution in [2.45, 2.75) is 44.8 Å². The lowest BCUT2D eigenvalue weighted by molar-refractivity contribution is 0.0727. The summed E-state index contributed by atoms with van der Waals surface area (Å²) in [5, 5.41) is 10.0. The molecule has 33 heavy (non-hydrogen) atoms. The Hall–Kier alpha value is -2.55. The van der Waals surface area contributed by atoms with Gasteiger partial charge in [0.25, 0.3) is 0 Å². The number of phenolic OH excluding ortho intramolecular Hbond substituents is 1. The number of halogens is 1. The van der Waals surface area contributed by atoms with Crippen molar-refractivity contribution >= 4 is 0 Å². The number of alkyl halides is 1. The molecule has 0 aromatic heterocycles. The molecule has 2 atom stereocenters. The van der Waals surface area contributed by atoms with Gasteiger partial charge in [-0.05, 0) is 80.1 Å². The van der Waals surface area contributed by atoms with Gasteiger partial charge in [0, 0.05) is 26.2 Å². The SMILES string of the molecule is C#C[C@]1(c2ccc(OCCN3CC[C@@H](C)C3)cc2)c2ccc(O)cc2CCN1CC(C)(C)F. The highest BCUT2D eigenvalue weighted by molar-refractivity contribution is 5.54. The lowest BCUT2D eigenvalue weighted by Gasteiger charge is -2.47.